The van der Waals surface area contributed by atoms with Gasteiger partial charge in [-0.3, -0.25) is 14.1 Å². The zero-order valence-corrected chi connectivity index (χ0v) is 15.1. The molecule has 0 saturated carbocycles. The molecule has 0 spiro atoms. The summed E-state index contributed by atoms with van der Waals surface area (Å²) in [6, 6.07) is 19.8. The van der Waals surface area contributed by atoms with Gasteiger partial charge in [-0.2, -0.15) is 8.42 Å². The molecule has 0 aliphatic carbocycles. The first-order chi connectivity index (χ1) is 12.7. The van der Waals surface area contributed by atoms with Crippen LogP contribution in [0.25, 0.3) is 0 Å². The fraction of sp³-hybridized carbons (Fsp3) is 0.235. The van der Waals surface area contributed by atoms with E-state index >= 15 is 0 Å². The van der Waals surface area contributed by atoms with Gasteiger partial charge in [0.15, 0.2) is 5.96 Å². The molecule has 1 fully saturated rings. The first-order valence-corrected chi connectivity index (χ1v) is 9.28. The minimum absolute atomic E-state index is 0.0560. The Kier molecular flexibility index (Phi) is 6.88. The van der Waals surface area contributed by atoms with Crippen molar-refractivity contribution in [2.45, 2.75) is 11.9 Å². The summed E-state index contributed by atoms with van der Waals surface area (Å²) in [7, 11) is -4.67. The summed E-state index contributed by atoms with van der Waals surface area (Å²) >= 11 is 0. The second kappa shape index (κ2) is 8.93. The van der Waals surface area contributed by atoms with E-state index in [1.165, 1.54) is 0 Å². The zero-order chi connectivity index (χ0) is 19.9. The van der Waals surface area contributed by atoms with Crippen LogP contribution in [0.4, 0.5) is 0 Å². The topological polar surface area (TPSA) is 157 Å². The maximum absolute atomic E-state index is 8.74. The Balaban J connectivity index is 0.000000465. The van der Waals surface area contributed by atoms with E-state index in [4.69, 9.17) is 38.5 Å². The Labute approximate surface area is 157 Å². The SMILES string of the molecule is NC(N)=NCC1COC(c2ccccc2)(c2ccccc2)O1.O=S(=O)(O)O. The summed E-state index contributed by atoms with van der Waals surface area (Å²) in [5.41, 5.74) is 12.7. The summed E-state index contributed by atoms with van der Waals surface area (Å²) in [6.45, 7) is 0.810. The van der Waals surface area contributed by atoms with Crippen LogP contribution in [0.15, 0.2) is 65.7 Å². The van der Waals surface area contributed by atoms with Crippen LogP contribution in [0.3, 0.4) is 0 Å². The Morgan fingerprint density at radius 2 is 1.48 bits per heavy atom. The Morgan fingerprint density at radius 1 is 1.04 bits per heavy atom. The lowest BCUT2D eigenvalue weighted by atomic mass is 9.97. The third kappa shape index (κ3) is 6.31. The highest BCUT2D eigenvalue weighted by Gasteiger charge is 2.44. The lowest BCUT2D eigenvalue weighted by Gasteiger charge is -2.29. The maximum atomic E-state index is 8.74. The van der Waals surface area contributed by atoms with E-state index in [0.29, 0.717) is 13.2 Å². The Morgan fingerprint density at radius 3 is 1.89 bits per heavy atom. The number of benzene rings is 2. The van der Waals surface area contributed by atoms with Crippen molar-refractivity contribution >= 4 is 16.4 Å². The minimum Gasteiger partial charge on any atom is -0.370 e. The summed E-state index contributed by atoms with van der Waals surface area (Å²) in [6.07, 6.45) is -0.192. The molecule has 1 aliphatic heterocycles. The highest BCUT2D eigenvalue weighted by Crippen LogP contribution is 2.40. The van der Waals surface area contributed by atoms with Crippen LogP contribution in [0.5, 0.6) is 0 Å². The molecular weight excluding hydrogens is 374 g/mol. The van der Waals surface area contributed by atoms with Crippen molar-refractivity contribution in [2.24, 2.45) is 16.5 Å². The number of nitrogens with zero attached hydrogens (tertiary/aromatic N) is 1. The summed E-state index contributed by atoms with van der Waals surface area (Å²) in [5.74, 6) is -0.855. The van der Waals surface area contributed by atoms with Gasteiger partial charge < -0.3 is 20.9 Å². The van der Waals surface area contributed by atoms with Crippen LogP contribution in [-0.2, 0) is 25.7 Å². The quantitative estimate of drug-likeness (QED) is 0.338. The number of nitrogens with two attached hydrogens (primary N) is 2. The molecule has 6 N–H and O–H groups in total. The van der Waals surface area contributed by atoms with Gasteiger partial charge in [-0.25, -0.2) is 0 Å². The molecule has 3 rings (SSSR count). The largest absolute Gasteiger partial charge is 0.394 e. The molecule has 2 aromatic rings. The van der Waals surface area contributed by atoms with E-state index in [1.54, 1.807) is 0 Å². The Bertz CT molecular complexity index is 807. The second-order valence-corrected chi connectivity index (χ2v) is 6.51. The summed E-state index contributed by atoms with van der Waals surface area (Å²) in [5, 5.41) is 0. The third-order valence-electron chi connectivity index (χ3n) is 3.59. The first-order valence-electron chi connectivity index (χ1n) is 7.89. The third-order valence-corrected chi connectivity index (χ3v) is 3.59. The molecule has 2 aromatic carbocycles. The fourth-order valence-electron chi connectivity index (χ4n) is 2.59. The summed E-state index contributed by atoms with van der Waals surface area (Å²) < 4.78 is 43.9. The molecule has 1 atom stereocenters. The molecule has 9 nitrogen and oxygen atoms in total. The molecular formula is C17H21N3O6S. The predicted molar refractivity (Wildman–Crippen MR) is 99.3 cm³/mol. The highest BCUT2D eigenvalue weighted by atomic mass is 32.3. The summed E-state index contributed by atoms with van der Waals surface area (Å²) in [4.78, 5) is 4.03. The lowest BCUT2D eigenvalue weighted by molar-refractivity contribution is -0.141. The van der Waals surface area contributed by atoms with E-state index in [0.717, 1.165) is 11.1 Å². The average Bonchev–Trinajstić information content (AvgIpc) is 3.06. The van der Waals surface area contributed by atoms with Crippen LogP contribution < -0.4 is 11.5 Å². The molecule has 146 valence electrons. The van der Waals surface area contributed by atoms with E-state index < -0.39 is 16.2 Å². The van der Waals surface area contributed by atoms with Gasteiger partial charge >= 0.3 is 10.4 Å². The van der Waals surface area contributed by atoms with E-state index in [1.807, 2.05) is 60.7 Å². The molecule has 10 heteroatoms. The molecule has 0 radical (unpaired) electrons. The van der Waals surface area contributed by atoms with Crippen LogP contribution in [0.1, 0.15) is 11.1 Å². The molecule has 1 saturated heterocycles. The molecule has 1 unspecified atom stereocenters. The molecule has 0 bridgehead atoms. The van der Waals surface area contributed by atoms with E-state index in [9.17, 15) is 0 Å². The molecule has 0 amide bonds. The van der Waals surface area contributed by atoms with Crippen molar-refractivity contribution in [3.63, 3.8) is 0 Å². The van der Waals surface area contributed by atoms with Gasteiger partial charge in [0.2, 0.25) is 5.79 Å². The number of ether oxygens (including phenoxy) is 2. The van der Waals surface area contributed by atoms with Gasteiger partial charge in [-0.1, -0.05) is 60.7 Å². The van der Waals surface area contributed by atoms with Gasteiger partial charge in [0.05, 0.1) is 13.2 Å². The second-order valence-electron chi connectivity index (χ2n) is 5.61. The van der Waals surface area contributed by atoms with Gasteiger partial charge in [-0.05, 0) is 0 Å². The average molecular weight is 395 g/mol. The van der Waals surface area contributed by atoms with Crippen molar-refractivity contribution in [1.29, 1.82) is 0 Å². The van der Waals surface area contributed by atoms with Gasteiger partial charge in [0, 0.05) is 11.1 Å². The maximum Gasteiger partial charge on any atom is 0.394 e. The zero-order valence-electron chi connectivity index (χ0n) is 14.3. The van der Waals surface area contributed by atoms with Crippen molar-refractivity contribution < 1.29 is 27.0 Å². The minimum atomic E-state index is -4.67. The van der Waals surface area contributed by atoms with Crippen LogP contribution in [-0.4, -0.2) is 42.7 Å². The molecule has 0 aromatic heterocycles. The molecule has 27 heavy (non-hydrogen) atoms. The first kappa shape index (κ1) is 20.8. The number of rotatable bonds is 4. The number of guanidine groups is 1. The standard InChI is InChI=1S/C17H19N3O2.H2O4S/c18-16(19)20-11-15-12-21-17(22-15,13-7-3-1-4-8-13)14-9-5-2-6-10-14;1-5(2,3)4/h1-10,15H,11-12H2,(H4,18,19,20);(H2,1,2,3,4). The van der Waals surface area contributed by atoms with Gasteiger partial charge in [-0.15, -0.1) is 0 Å². The van der Waals surface area contributed by atoms with Crippen molar-refractivity contribution in [2.75, 3.05) is 13.2 Å². The molecule has 1 heterocycles. The van der Waals surface area contributed by atoms with Gasteiger partial charge in [0.1, 0.15) is 6.10 Å². The van der Waals surface area contributed by atoms with E-state index in [2.05, 4.69) is 4.99 Å². The Hall–Kier alpha value is -2.50. The fourth-order valence-corrected chi connectivity index (χ4v) is 2.59. The normalized spacial score (nSPS) is 18.2. The number of hydrogen-bond acceptors (Lipinski definition) is 5. The van der Waals surface area contributed by atoms with Crippen LogP contribution in [0.2, 0.25) is 0 Å². The number of hydrogen-bond donors (Lipinski definition) is 4. The van der Waals surface area contributed by atoms with E-state index in [-0.39, 0.29) is 12.1 Å². The van der Waals surface area contributed by atoms with Crippen LogP contribution >= 0.6 is 0 Å². The van der Waals surface area contributed by atoms with Crippen LogP contribution in [0, 0.1) is 0 Å². The highest BCUT2D eigenvalue weighted by molar-refractivity contribution is 7.79. The molecule has 1 aliphatic rings. The number of aliphatic imine (C=N–C) groups is 1. The van der Waals surface area contributed by atoms with Gasteiger partial charge in [0.25, 0.3) is 0 Å². The predicted octanol–water partition coefficient (Wildman–Crippen LogP) is 0.924. The van der Waals surface area contributed by atoms with Crippen molar-refractivity contribution in [1.82, 2.24) is 0 Å². The lowest BCUT2D eigenvalue weighted by Crippen LogP contribution is -2.31. The van der Waals surface area contributed by atoms with Crippen molar-refractivity contribution in [3.8, 4) is 0 Å². The smallest absolute Gasteiger partial charge is 0.370 e. The van der Waals surface area contributed by atoms with Crippen molar-refractivity contribution in [3.05, 3.63) is 71.8 Å². The monoisotopic (exact) mass is 395 g/mol.